The van der Waals surface area contributed by atoms with E-state index in [2.05, 4.69) is 10.6 Å². The first-order chi connectivity index (χ1) is 5.77. The summed E-state index contributed by atoms with van der Waals surface area (Å²) in [5, 5.41) is 15.7. The van der Waals surface area contributed by atoms with Crippen molar-refractivity contribution in [3.8, 4) is 0 Å². The van der Waals surface area contributed by atoms with Crippen LogP contribution in [0.4, 0.5) is 0 Å². The highest BCUT2D eigenvalue weighted by molar-refractivity contribution is 5.06. The molecule has 0 aromatic rings. The van der Waals surface area contributed by atoms with Gasteiger partial charge in [-0.05, 0) is 6.92 Å². The van der Waals surface area contributed by atoms with E-state index in [-0.39, 0.29) is 18.4 Å². The summed E-state index contributed by atoms with van der Waals surface area (Å²) in [6.45, 7) is 2.64. The molecule has 0 bridgehead atoms. The van der Waals surface area contributed by atoms with E-state index in [4.69, 9.17) is 4.74 Å². The minimum Gasteiger partial charge on any atom is -0.376 e. The van der Waals surface area contributed by atoms with Crippen LogP contribution in [0.5, 0.6) is 0 Å². The van der Waals surface area contributed by atoms with Crippen LogP contribution in [0.1, 0.15) is 6.92 Å². The lowest BCUT2D eigenvalue weighted by atomic mass is 10.1. The third kappa shape index (κ3) is 1.38. The third-order valence-electron chi connectivity index (χ3n) is 2.24. The van der Waals surface area contributed by atoms with E-state index in [9.17, 15) is 5.11 Å². The standard InChI is InChI=1S/C8H14N2O2/c1-5-10-6-3-2-4-9-8(11)7(6)12-5/h2-3,5-11H,4H2,1H3. The van der Waals surface area contributed by atoms with Crippen molar-refractivity contribution in [1.82, 2.24) is 10.6 Å². The van der Waals surface area contributed by atoms with Gasteiger partial charge in [0.1, 0.15) is 18.6 Å². The van der Waals surface area contributed by atoms with Crippen molar-refractivity contribution in [2.24, 2.45) is 0 Å². The summed E-state index contributed by atoms with van der Waals surface area (Å²) in [6.07, 6.45) is 3.35. The van der Waals surface area contributed by atoms with E-state index in [1.165, 1.54) is 0 Å². The molecule has 0 radical (unpaired) electrons. The van der Waals surface area contributed by atoms with Crippen LogP contribution in [0, 0.1) is 0 Å². The number of hydrogen-bond acceptors (Lipinski definition) is 4. The zero-order valence-corrected chi connectivity index (χ0v) is 7.03. The highest BCUT2D eigenvalue weighted by Crippen LogP contribution is 2.16. The molecule has 2 rings (SSSR count). The van der Waals surface area contributed by atoms with Crippen LogP contribution in [0.25, 0.3) is 0 Å². The molecule has 12 heavy (non-hydrogen) atoms. The summed E-state index contributed by atoms with van der Waals surface area (Å²) in [5.41, 5.74) is 0. The summed E-state index contributed by atoms with van der Waals surface area (Å²) in [6, 6.07) is 0.144. The summed E-state index contributed by atoms with van der Waals surface area (Å²) >= 11 is 0. The van der Waals surface area contributed by atoms with Crippen molar-refractivity contribution in [3.63, 3.8) is 0 Å². The van der Waals surface area contributed by atoms with Crippen LogP contribution in [0.15, 0.2) is 12.2 Å². The largest absolute Gasteiger partial charge is 0.376 e. The lowest BCUT2D eigenvalue weighted by Gasteiger charge is -2.19. The highest BCUT2D eigenvalue weighted by atomic mass is 16.5. The maximum Gasteiger partial charge on any atom is 0.133 e. The number of rotatable bonds is 0. The molecule has 2 aliphatic heterocycles. The quantitative estimate of drug-likeness (QED) is 0.415. The Hall–Kier alpha value is -0.420. The molecule has 0 aromatic heterocycles. The van der Waals surface area contributed by atoms with Gasteiger partial charge in [-0.2, -0.15) is 0 Å². The molecular weight excluding hydrogens is 156 g/mol. The second kappa shape index (κ2) is 3.14. The van der Waals surface area contributed by atoms with E-state index in [0.717, 1.165) is 0 Å². The van der Waals surface area contributed by atoms with Gasteiger partial charge in [0, 0.05) is 6.54 Å². The highest BCUT2D eigenvalue weighted by Gasteiger charge is 2.36. The number of aliphatic hydroxyl groups excluding tert-OH is 1. The van der Waals surface area contributed by atoms with Crippen LogP contribution in [-0.2, 0) is 4.74 Å². The maximum atomic E-state index is 9.56. The number of nitrogens with one attached hydrogen (secondary N) is 2. The molecule has 4 atom stereocenters. The van der Waals surface area contributed by atoms with Crippen LogP contribution < -0.4 is 10.6 Å². The Kier molecular flexibility index (Phi) is 2.14. The molecule has 1 saturated heterocycles. The number of aliphatic hydroxyl groups is 1. The van der Waals surface area contributed by atoms with Gasteiger partial charge < -0.3 is 9.84 Å². The predicted octanol–water partition coefficient (Wildman–Crippen LogP) is -0.833. The average molecular weight is 170 g/mol. The Labute approximate surface area is 71.6 Å². The average Bonchev–Trinajstić information content (AvgIpc) is 2.33. The van der Waals surface area contributed by atoms with Crippen LogP contribution >= 0.6 is 0 Å². The Bertz CT molecular complexity index is 195. The fraction of sp³-hybridized carbons (Fsp3) is 0.750. The van der Waals surface area contributed by atoms with Crippen molar-refractivity contribution < 1.29 is 9.84 Å². The summed E-state index contributed by atoms with van der Waals surface area (Å²) in [5.74, 6) is 0. The van der Waals surface area contributed by atoms with Crippen molar-refractivity contribution >= 4 is 0 Å². The third-order valence-corrected chi connectivity index (χ3v) is 2.24. The minimum atomic E-state index is -0.567. The van der Waals surface area contributed by atoms with Gasteiger partial charge in [-0.1, -0.05) is 12.2 Å². The molecule has 4 heteroatoms. The van der Waals surface area contributed by atoms with E-state index in [0.29, 0.717) is 6.54 Å². The molecule has 1 fully saturated rings. The molecule has 0 spiro atoms. The number of fused-ring (bicyclic) bond motifs is 1. The molecule has 0 amide bonds. The van der Waals surface area contributed by atoms with Gasteiger partial charge in [-0.15, -0.1) is 0 Å². The molecule has 2 heterocycles. The molecule has 2 aliphatic rings. The van der Waals surface area contributed by atoms with Crippen LogP contribution in [0.2, 0.25) is 0 Å². The van der Waals surface area contributed by atoms with Crippen molar-refractivity contribution in [2.75, 3.05) is 6.54 Å². The second-order valence-corrected chi connectivity index (χ2v) is 3.22. The summed E-state index contributed by atoms with van der Waals surface area (Å²) in [4.78, 5) is 0. The van der Waals surface area contributed by atoms with Gasteiger partial charge in [0.05, 0.1) is 6.04 Å². The molecule has 0 aliphatic carbocycles. The Balaban J connectivity index is 2.12. The van der Waals surface area contributed by atoms with E-state index in [1.54, 1.807) is 0 Å². The molecule has 0 aromatic carbocycles. The fourth-order valence-electron chi connectivity index (χ4n) is 1.68. The number of ether oxygens (including phenoxy) is 1. The zero-order valence-electron chi connectivity index (χ0n) is 7.03. The van der Waals surface area contributed by atoms with Gasteiger partial charge in [0.15, 0.2) is 0 Å². The SMILES string of the molecule is CC1NC2C=CCNC(O)C2O1. The first-order valence-electron chi connectivity index (χ1n) is 4.27. The molecule has 0 saturated carbocycles. The van der Waals surface area contributed by atoms with Crippen LogP contribution in [0.3, 0.4) is 0 Å². The Morgan fingerprint density at radius 2 is 2.42 bits per heavy atom. The lowest BCUT2D eigenvalue weighted by molar-refractivity contribution is -0.0422. The van der Waals surface area contributed by atoms with Crippen molar-refractivity contribution in [3.05, 3.63) is 12.2 Å². The topological polar surface area (TPSA) is 53.5 Å². The van der Waals surface area contributed by atoms with Gasteiger partial charge in [0.25, 0.3) is 0 Å². The fourth-order valence-corrected chi connectivity index (χ4v) is 1.68. The molecule has 68 valence electrons. The van der Waals surface area contributed by atoms with Crippen molar-refractivity contribution in [1.29, 1.82) is 0 Å². The van der Waals surface area contributed by atoms with E-state index in [1.807, 2.05) is 19.1 Å². The van der Waals surface area contributed by atoms with E-state index < -0.39 is 6.23 Å². The lowest BCUT2D eigenvalue weighted by Crippen LogP contribution is -2.44. The molecule has 4 nitrogen and oxygen atoms in total. The van der Waals surface area contributed by atoms with Crippen molar-refractivity contribution in [2.45, 2.75) is 31.5 Å². The molecular formula is C8H14N2O2. The monoisotopic (exact) mass is 170 g/mol. The van der Waals surface area contributed by atoms with Gasteiger partial charge in [-0.25, -0.2) is 0 Å². The van der Waals surface area contributed by atoms with Gasteiger partial charge in [-0.3, -0.25) is 10.6 Å². The first-order valence-corrected chi connectivity index (χ1v) is 4.27. The molecule has 3 N–H and O–H groups in total. The Morgan fingerprint density at radius 3 is 3.25 bits per heavy atom. The normalized spacial score (nSPS) is 47.2. The minimum absolute atomic E-state index is 0.0270. The smallest absolute Gasteiger partial charge is 0.133 e. The summed E-state index contributed by atoms with van der Waals surface area (Å²) < 4.78 is 5.48. The molecule has 4 unspecified atom stereocenters. The predicted molar refractivity (Wildman–Crippen MR) is 44.4 cm³/mol. The van der Waals surface area contributed by atoms with Gasteiger partial charge >= 0.3 is 0 Å². The summed E-state index contributed by atoms with van der Waals surface area (Å²) in [7, 11) is 0. The van der Waals surface area contributed by atoms with E-state index >= 15 is 0 Å². The number of hydrogen-bond donors (Lipinski definition) is 3. The van der Waals surface area contributed by atoms with Gasteiger partial charge in [0.2, 0.25) is 0 Å². The maximum absolute atomic E-state index is 9.56. The second-order valence-electron chi connectivity index (χ2n) is 3.22. The Morgan fingerprint density at radius 1 is 1.58 bits per heavy atom. The first kappa shape index (κ1) is 8.19. The van der Waals surface area contributed by atoms with Crippen LogP contribution in [-0.4, -0.2) is 36.3 Å². The zero-order chi connectivity index (χ0) is 8.55.